The molecule has 31 heavy (non-hydrogen) atoms. The summed E-state index contributed by atoms with van der Waals surface area (Å²) in [6, 6.07) is 0.778. The first-order chi connectivity index (χ1) is 14.7. The molecule has 1 aromatic heterocycles. The maximum atomic E-state index is 13.7. The number of aliphatic hydroxyl groups excluding tert-OH is 1. The number of alkyl halides is 2. The number of phosphoric acid groups is 3. The van der Waals surface area contributed by atoms with Crippen molar-refractivity contribution >= 4 is 35.1 Å². The van der Waals surface area contributed by atoms with Crippen LogP contribution in [0.5, 0.6) is 0 Å². The quantitative estimate of drug-likeness (QED) is 0.165. The molecule has 0 amide bonds. The van der Waals surface area contributed by atoms with E-state index in [2.05, 4.69) is 13.1 Å². The van der Waals surface area contributed by atoms with Crippen molar-refractivity contribution < 1.29 is 63.4 Å². The van der Waals surface area contributed by atoms with Gasteiger partial charge < -0.3 is 29.4 Å². The van der Waals surface area contributed by atoms with Crippen molar-refractivity contribution in [2.75, 3.05) is 13.2 Å². The fourth-order valence-electron chi connectivity index (χ4n) is 2.29. The van der Waals surface area contributed by atoms with Gasteiger partial charge in [0.05, 0.1) is 9.30 Å². The normalized spacial score (nSPS) is 32.0. The summed E-state index contributed by atoms with van der Waals surface area (Å²) in [5.74, 6) is 0. The third-order valence-electron chi connectivity index (χ3n) is 3.47. The second-order valence-corrected chi connectivity index (χ2v) is 10.8. The van der Waals surface area contributed by atoms with Gasteiger partial charge in [0.1, 0.15) is 23.8 Å². The summed E-state index contributed by atoms with van der Waals surface area (Å²) in [5.41, 5.74) is -2.10. The van der Waals surface area contributed by atoms with Gasteiger partial charge in [-0.2, -0.15) is 8.62 Å². The first-order valence-electron chi connectivity index (χ1n) is 8.47. The Balaban J connectivity index is 2.35. The highest BCUT2D eigenvalue weighted by Gasteiger charge is 2.57. The number of H-pyrrole nitrogens is 1. The highest BCUT2D eigenvalue weighted by molar-refractivity contribution is 7.66. The second kappa shape index (κ2) is 9.23. The molecule has 1 aromatic rings. The van der Waals surface area contributed by atoms with E-state index in [0.717, 1.165) is 12.3 Å². The fraction of sp³-hybridized carbons (Fsp3) is 0.600. The number of nitrogens with zero attached hydrogens (tertiary/aromatic N) is 1. The molecule has 21 heteroatoms. The Bertz CT molecular complexity index is 1160. The Labute approximate surface area is 178 Å². The van der Waals surface area contributed by atoms with Gasteiger partial charge in [0.15, 0.2) is 6.23 Å². The van der Waals surface area contributed by atoms with Crippen LogP contribution in [-0.2, 0) is 31.6 Å². The molecule has 2 heterocycles. The van der Waals surface area contributed by atoms with Gasteiger partial charge in [0.25, 0.3) is 5.56 Å². The van der Waals surface area contributed by atoms with Gasteiger partial charge in [-0.1, -0.05) is 0 Å². The van der Waals surface area contributed by atoms with Crippen LogP contribution < -0.4 is 11.2 Å². The van der Waals surface area contributed by atoms with E-state index in [1.807, 2.05) is 0 Å². The predicted octanol–water partition coefficient (Wildman–Crippen LogP) is -0.915. The molecule has 1 fully saturated rings. The number of aliphatic hydroxyl groups is 1. The lowest BCUT2D eigenvalue weighted by Crippen LogP contribution is -2.46. The molecule has 178 valence electrons. The van der Waals surface area contributed by atoms with Gasteiger partial charge >= 0.3 is 29.2 Å². The molecule has 0 aliphatic carbocycles. The minimum Gasteiger partial charge on any atom is -0.388 e. The van der Waals surface area contributed by atoms with E-state index in [-0.39, 0.29) is 0 Å². The van der Waals surface area contributed by atoms with Gasteiger partial charge in [-0.3, -0.25) is 18.9 Å². The highest BCUT2D eigenvalue weighted by Crippen LogP contribution is 2.66. The highest BCUT2D eigenvalue weighted by atomic mass is 35.5. The summed E-state index contributed by atoms with van der Waals surface area (Å²) < 4.78 is 79.6. The van der Waals surface area contributed by atoms with Crippen molar-refractivity contribution in [1.29, 1.82) is 0 Å². The van der Waals surface area contributed by atoms with E-state index in [1.54, 1.807) is 4.98 Å². The lowest BCUT2D eigenvalue weighted by molar-refractivity contribution is -0.0467. The monoisotopic (exact) mass is 536 g/mol. The van der Waals surface area contributed by atoms with Crippen LogP contribution in [0.2, 0.25) is 0 Å². The molecule has 0 aromatic carbocycles. The molecular formula is C10H15ClFN2O14P3. The molecule has 1 saturated heterocycles. The van der Waals surface area contributed by atoms with Crippen molar-refractivity contribution in [2.45, 2.75) is 23.3 Å². The number of rotatable bonds is 9. The molecule has 1 aliphatic rings. The molecule has 0 spiro atoms. The van der Waals surface area contributed by atoms with Gasteiger partial charge in [0, 0.05) is 12.3 Å². The molecule has 0 radical (unpaired) electrons. The number of aromatic amines is 1. The van der Waals surface area contributed by atoms with Gasteiger partial charge in [-0.05, 0) is 0 Å². The first-order valence-corrected chi connectivity index (χ1v) is 12.4. The summed E-state index contributed by atoms with van der Waals surface area (Å²) >= 11 is 5.99. The fourth-order valence-corrected chi connectivity index (χ4v) is 5.43. The number of aromatic nitrogens is 2. The van der Waals surface area contributed by atoms with Gasteiger partial charge in [0.2, 0.25) is 0 Å². The molecule has 6 N–H and O–H groups in total. The molecule has 3 unspecified atom stereocenters. The smallest absolute Gasteiger partial charge is 0.388 e. The molecule has 2 rings (SSSR count). The van der Waals surface area contributed by atoms with E-state index in [9.17, 15) is 37.7 Å². The summed E-state index contributed by atoms with van der Waals surface area (Å²) in [6.07, 6.45) is -6.14. The molecular weight excluding hydrogens is 519 g/mol. The Morgan fingerprint density at radius 3 is 2.39 bits per heavy atom. The maximum absolute atomic E-state index is 13.7. The van der Waals surface area contributed by atoms with Crippen LogP contribution in [0.25, 0.3) is 0 Å². The molecule has 0 bridgehead atoms. The van der Waals surface area contributed by atoms with Crippen LogP contribution >= 0.6 is 35.1 Å². The van der Waals surface area contributed by atoms with Crippen LogP contribution in [0.1, 0.15) is 8.97 Å². The van der Waals surface area contributed by atoms with Crippen LogP contribution in [0.4, 0.5) is 4.39 Å². The number of hydrogen-bond acceptors (Lipinski definition) is 10. The first kappa shape index (κ1) is 23.4. The van der Waals surface area contributed by atoms with Crippen molar-refractivity contribution in [2.24, 2.45) is 0 Å². The zero-order valence-electron chi connectivity index (χ0n) is 16.5. The van der Waals surface area contributed by atoms with Crippen LogP contribution in [-0.4, -0.2) is 64.5 Å². The predicted molar refractivity (Wildman–Crippen MR) is 95.6 cm³/mol. The van der Waals surface area contributed by atoms with Gasteiger partial charge in [-0.15, -0.1) is 11.6 Å². The van der Waals surface area contributed by atoms with Crippen molar-refractivity contribution in [3.05, 3.63) is 33.1 Å². The molecule has 16 nitrogen and oxygen atoms in total. The average Bonchev–Trinajstić information content (AvgIpc) is 2.83. The number of nitrogens with one attached hydrogen (secondary N) is 1. The Morgan fingerprint density at radius 1 is 1.26 bits per heavy atom. The number of hydrogen-bond donors (Lipinski definition) is 6. The van der Waals surface area contributed by atoms with Crippen LogP contribution in [0, 0.1) is 0 Å². The Kier molecular flexibility index (Phi) is 6.97. The summed E-state index contributed by atoms with van der Waals surface area (Å²) in [4.78, 5) is 58.0. The minimum absolute atomic E-state index is 0.470. The number of halogens is 2. The lowest BCUT2D eigenvalue weighted by Gasteiger charge is -2.27. The Hall–Kier alpha value is -0.770. The SMILES string of the molecule is [2H]C([2H])(OP(=O)(O)OP(=O)(O)OP(=O)(O)O)[C@H]1O[C@@H](n2ccc(=O)[nH]c2=O)C(Cl)(CF)[C@H]1O. The van der Waals surface area contributed by atoms with E-state index in [1.165, 1.54) is 0 Å². The molecule has 0 saturated carbocycles. The van der Waals surface area contributed by atoms with Crippen LogP contribution in [0.3, 0.4) is 0 Å². The van der Waals surface area contributed by atoms with Crippen molar-refractivity contribution in [3.63, 3.8) is 0 Å². The average molecular weight is 537 g/mol. The second-order valence-electron chi connectivity index (χ2n) is 5.73. The van der Waals surface area contributed by atoms with Crippen LogP contribution in [0.15, 0.2) is 21.9 Å². The molecule has 1 aliphatic heterocycles. The largest absolute Gasteiger partial charge is 0.490 e. The molecule has 6 atom stereocenters. The summed E-state index contributed by atoms with van der Waals surface area (Å²) in [5, 5.41) is 10.4. The van der Waals surface area contributed by atoms with E-state index >= 15 is 0 Å². The number of ether oxygens (including phenoxy) is 1. The van der Waals surface area contributed by atoms with Crippen molar-refractivity contribution in [3.8, 4) is 0 Å². The maximum Gasteiger partial charge on any atom is 0.490 e. The summed E-state index contributed by atoms with van der Waals surface area (Å²) in [6.45, 7) is -5.37. The standard InChI is InChI=1S/C10H15ClFN2O14P3/c11-10(4-12)7(16)5(26-8(10)14-2-1-6(15)13-9(14)17)3-25-30(21,22)28-31(23,24)27-29(18,19)20/h1-2,5,7-8,16H,3-4H2,(H,21,22)(H,23,24)(H,13,15,17)(H2,18,19,20)/t5-,7+,8-,10?/m1/s1/i3D2. The zero-order valence-corrected chi connectivity index (χ0v) is 18.0. The van der Waals surface area contributed by atoms with Crippen molar-refractivity contribution in [1.82, 2.24) is 9.55 Å². The third kappa shape index (κ3) is 6.62. The lowest BCUT2D eigenvalue weighted by atomic mass is 10.00. The minimum atomic E-state index is -6.06. The zero-order chi connectivity index (χ0) is 25.6. The summed E-state index contributed by atoms with van der Waals surface area (Å²) in [7, 11) is -17.8. The third-order valence-corrected chi connectivity index (χ3v) is 7.65. The van der Waals surface area contributed by atoms with Gasteiger partial charge in [-0.25, -0.2) is 22.9 Å². The van der Waals surface area contributed by atoms with E-state index < -0.39 is 71.3 Å². The topological polar surface area (TPSA) is 244 Å². The van der Waals surface area contributed by atoms with E-state index in [0.29, 0.717) is 4.57 Å². The number of phosphoric ester groups is 1. The Morgan fingerprint density at radius 2 is 1.87 bits per heavy atom. The van der Waals surface area contributed by atoms with E-state index in [4.69, 9.17) is 33.8 Å².